The van der Waals surface area contributed by atoms with Crippen molar-refractivity contribution in [3.05, 3.63) is 29.3 Å². The summed E-state index contributed by atoms with van der Waals surface area (Å²) in [4.78, 5) is 46.9. The minimum atomic E-state index is -4.05. The van der Waals surface area contributed by atoms with Crippen molar-refractivity contribution in [2.24, 2.45) is 11.3 Å². The number of fused-ring (bicyclic) bond motifs is 4. The van der Waals surface area contributed by atoms with Gasteiger partial charge in [0.1, 0.15) is 42.9 Å². The number of aromatic nitrogens is 8. The lowest BCUT2D eigenvalue weighted by Gasteiger charge is -2.30. The van der Waals surface area contributed by atoms with E-state index >= 15 is 0 Å². The quantitative estimate of drug-likeness (QED) is 0.171. The molecule has 2 aliphatic carbocycles. The second-order valence-electron chi connectivity index (χ2n) is 11.5. The number of methoxy groups -OCH3 is 1. The molecule has 8 rings (SSSR count). The van der Waals surface area contributed by atoms with Crippen molar-refractivity contribution >= 4 is 60.9 Å². The van der Waals surface area contributed by atoms with Crippen molar-refractivity contribution < 1.29 is 42.1 Å². The van der Waals surface area contributed by atoms with E-state index in [1.54, 1.807) is 4.57 Å². The summed E-state index contributed by atoms with van der Waals surface area (Å²) >= 11 is 5.40. The van der Waals surface area contributed by atoms with E-state index in [4.69, 9.17) is 50.8 Å². The smallest absolute Gasteiger partial charge is 0.388 e. The van der Waals surface area contributed by atoms with Crippen LogP contribution in [0.5, 0.6) is 0 Å². The lowest BCUT2D eigenvalue weighted by molar-refractivity contribution is -0.0599. The van der Waals surface area contributed by atoms with E-state index in [9.17, 15) is 19.4 Å². The molecule has 4 fully saturated rings. The Morgan fingerprint density at radius 3 is 2.78 bits per heavy atom. The molecule has 4 aromatic rings. The first-order chi connectivity index (χ1) is 22.0. The molecule has 2 saturated heterocycles. The van der Waals surface area contributed by atoms with Gasteiger partial charge in [-0.1, -0.05) is 0 Å². The summed E-state index contributed by atoms with van der Waals surface area (Å²) in [6.45, 7) is -4.58. The number of H-pyrrole nitrogens is 1. The maximum absolute atomic E-state index is 13.4. The summed E-state index contributed by atoms with van der Waals surface area (Å²) in [5.41, 5.74) is 11.1. The van der Waals surface area contributed by atoms with Gasteiger partial charge in [0.15, 0.2) is 35.0 Å². The third-order valence-electron chi connectivity index (χ3n) is 9.10. The van der Waals surface area contributed by atoms with Crippen LogP contribution in [0.25, 0.3) is 22.3 Å². The first-order valence-corrected chi connectivity index (χ1v) is 17.6. The zero-order valence-corrected chi connectivity index (χ0v) is 26.3. The van der Waals surface area contributed by atoms with Crippen LogP contribution in [0.3, 0.4) is 0 Å². The number of aromatic amines is 1. The highest BCUT2D eigenvalue weighted by molar-refractivity contribution is 8.07. The van der Waals surface area contributed by atoms with Crippen LogP contribution in [-0.4, -0.2) is 99.9 Å². The van der Waals surface area contributed by atoms with Crippen LogP contribution in [0.15, 0.2) is 23.8 Å². The Morgan fingerprint density at radius 1 is 1.20 bits per heavy atom. The van der Waals surface area contributed by atoms with Gasteiger partial charge in [0.25, 0.3) is 5.56 Å². The minimum absolute atomic E-state index is 0.0152. The van der Waals surface area contributed by atoms with Crippen LogP contribution >= 0.6 is 15.0 Å². The average Bonchev–Trinajstić information content (AvgIpc) is 3.32. The Kier molecular flexibility index (Phi) is 7.06. The van der Waals surface area contributed by atoms with Gasteiger partial charge in [-0.15, -0.1) is 9.05 Å². The van der Waals surface area contributed by atoms with E-state index in [-0.39, 0.29) is 42.1 Å². The zero-order valence-electron chi connectivity index (χ0n) is 23.7. The van der Waals surface area contributed by atoms with E-state index in [2.05, 4.69) is 29.9 Å². The number of aliphatic hydroxyl groups is 1. The van der Waals surface area contributed by atoms with Crippen LogP contribution < -0.4 is 17.0 Å². The maximum Gasteiger partial charge on any atom is 0.697 e. The number of nitrogens with zero attached hydrogens (tertiary/aromatic N) is 7. The first kappa shape index (κ1) is 30.3. The van der Waals surface area contributed by atoms with Gasteiger partial charge in [-0.3, -0.25) is 14.3 Å². The number of imidazole rings is 2. The third kappa shape index (κ3) is 4.61. The number of aliphatic hydroxyl groups excluding tert-OH is 1. The monoisotopic (exact) mass is 697 g/mol. The normalized spacial score (nSPS) is 38.6. The molecule has 3 unspecified atom stereocenters. The summed E-state index contributed by atoms with van der Waals surface area (Å²) in [6, 6.07) is -0.631. The summed E-state index contributed by atoms with van der Waals surface area (Å²) < 4.78 is 51.9. The predicted molar refractivity (Wildman–Crippen MR) is 158 cm³/mol. The molecule has 20 nitrogen and oxygen atoms in total. The minimum Gasteiger partial charge on any atom is -0.388 e. The molecule has 6 heterocycles. The lowest BCUT2D eigenvalue weighted by atomic mass is 10.0. The maximum atomic E-state index is 13.4. The molecule has 23 heteroatoms. The Labute approximate surface area is 263 Å². The number of nitrogen functional groups attached to an aromatic ring is 2. The number of rotatable bonds is 3. The Balaban J connectivity index is 1.13. The molecule has 4 aromatic heterocycles. The standard InChI is InChI=1S/C23H26N10O10P2S/c1-38-14-9-3-40-45(37,46)43-16-13(34)12(32-6-28-10-17(24)26-5-27-18(10)32)8-2-23(8,16)4-39-44(36)42-15(14)21(41-9)33-7-29-11-19(33)30-22(25)31-20(11)35/h5-9,12-16,21,34H,2-4H2,1H3,(H5-,24,25,26,27,30,31,35,37,46)/p+1/t8-,9-,12-,13+,14-,15-,16+,21-,23?,45?/m1/s1. The summed E-state index contributed by atoms with van der Waals surface area (Å²) in [7, 11) is -1.45. The average molecular weight is 698 g/mol. The van der Waals surface area contributed by atoms with Gasteiger partial charge in [-0.25, -0.2) is 19.9 Å². The molecule has 1 spiro atoms. The third-order valence-corrected chi connectivity index (χ3v) is 11.4. The van der Waals surface area contributed by atoms with Crippen molar-refractivity contribution in [2.75, 3.05) is 31.8 Å². The number of ether oxygens (including phenoxy) is 2. The predicted octanol–water partition coefficient (Wildman–Crippen LogP) is -0.350. The number of hydrogen-bond donors (Lipinski definition) is 5. The fraction of sp³-hybridized carbons (Fsp3) is 0.565. The molecule has 0 radical (unpaired) electrons. The van der Waals surface area contributed by atoms with Crippen molar-refractivity contribution in [1.29, 1.82) is 0 Å². The largest absolute Gasteiger partial charge is 0.697 e. The Morgan fingerprint density at radius 2 is 1.98 bits per heavy atom. The molecule has 7 N–H and O–H groups in total. The second kappa shape index (κ2) is 10.7. The summed E-state index contributed by atoms with van der Waals surface area (Å²) in [5.74, 6) is -0.260. The number of hydrogen-bond acceptors (Lipinski definition) is 17. The van der Waals surface area contributed by atoms with Gasteiger partial charge in [0, 0.05) is 17.1 Å². The Bertz CT molecular complexity index is 1990. The highest BCUT2D eigenvalue weighted by Crippen LogP contribution is 2.71. The fourth-order valence-corrected chi connectivity index (χ4v) is 9.30. The van der Waals surface area contributed by atoms with Crippen molar-refractivity contribution in [1.82, 2.24) is 39.0 Å². The van der Waals surface area contributed by atoms with E-state index in [0.717, 1.165) is 0 Å². The number of nitrogens with two attached hydrogens (primary N) is 2. The molecule has 0 aromatic carbocycles. The van der Waals surface area contributed by atoms with E-state index in [1.165, 1.54) is 30.7 Å². The van der Waals surface area contributed by atoms with Gasteiger partial charge in [0.05, 0.1) is 25.3 Å². The highest BCUT2D eigenvalue weighted by atomic mass is 32.5. The van der Waals surface area contributed by atoms with Crippen LogP contribution in [0.1, 0.15) is 18.7 Å². The second-order valence-corrected chi connectivity index (χ2v) is 15.2. The summed E-state index contributed by atoms with van der Waals surface area (Å²) in [6.07, 6.45) is -1.82. The molecular formula is C23H27N10O10P2S+. The van der Waals surface area contributed by atoms with Gasteiger partial charge in [-0.2, -0.15) is 4.98 Å². The Hall–Kier alpha value is -3.07. The summed E-state index contributed by atoms with van der Waals surface area (Å²) in [5, 5.41) is 11.6. The topological polar surface area (TPSA) is 272 Å². The molecule has 4 aliphatic rings. The first-order valence-electron chi connectivity index (χ1n) is 14.0. The molecule has 2 saturated carbocycles. The molecule has 244 valence electrons. The van der Waals surface area contributed by atoms with E-state index < -0.39 is 68.7 Å². The molecular weight excluding hydrogens is 670 g/mol. The molecule has 2 bridgehead atoms. The van der Waals surface area contributed by atoms with Crippen LogP contribution in [0, 0.1) is 11.3 Å². The van der Waals surface area contributed by atoms with Crippen LogP contribution in [0.4, 0.5) is 11.8 Å². The number of anilines is 2. The molecule has 0 amide bonds. The van der Waals surface area contributed by atoms with Gasteiger partial charge in [-0.05, 0) is 24.1 Å². The SMILES string of the molecule is CO[C@H]1[C@H]2O[P+](=O)OCC34C[C@@H]3[C@@H](n3cnc5c(N)ncnc53)[C@H](O)[C@@H]4OP(O)(=S)OC[C@H]1O[C@H]2n1cnc2c(=O)[nH]c(N)nc21. The van der Waals surface area contributed by atoms with E-state index in [0.29, 0.717) is 17.6 Å². The van der Waals surface area contributed by atoms with Gasteiger partial charge in [0.2, 0.25) is 5.95 Å². The lowest BCUT2D eigenvalue weighted by Crippen LogP contribution is -2.38. The van der Waals surface area contributed by atoms with Gasteiger partial charge < -0.3 is 44.6 Å². The zero-order chi connectivity index (χ0) is 32.1. The fourth-order valence-electron chi connectivity index (χ4n) is 6.99. The van der Waals surface area contributed by atoms with Crippen LogP contribution in [-0.2, 0) is 43.9 Å². The van der Waals surface area contributed by atoms with Crippen molar-refractivity contribution in [3.63, 3.8) is 0 Å². The van der Waals surface area contributed by atoms with Gasteiger partial charge >= 0.3 is 15.0 Å². The number of nitrogens with one attached hydrogen (secondary N) is 1. The van der Waals surface area contributed by atoms with E-state index in [1.807, 2.05) is 0 Å². The van der Waals surface area contributed by atoms with Crippen LogP contribution in [0.2, 0.25) is 0 Å². The molecule has 2 aliphatic heterocycles. The highest BCUT2D eigenvalue weighted by Gasteiger charge is 2.74. The van der Waals surface area contributed by atoms with Crippen molar-refractivity contribution in [2.45, 2.75) is 49.2 Å². The van der Waals surface area contributed by atoms with Crippen molar-refractivity contribution in [3.8, 4) is 0 Å². The molecule has 46 heavy (non-hydrogen) atoms. The molecule has 11 atom stereocenters.